The van der Waals surface area contributed by atoms with Crippen molar-refractivity contribution < 1.29 is 12.6 Å². The summed E-state index contributed by atoms with van der Waals surface area (Å²) in [5, 5.41) is 0. The number of rotatable bonds is 6. The van der Waals surface area contributed by atoms with Gasteiger partial charge in [0.1, 0.15) is 0 Å². The molecule has 2 aliphatic carbocycles. The highest BCUT2D eigenvalue weighted by Gasteiger charge is 2.40. The summed E-state index contributed by atoms with van der Waals surface area (Å²) in [6.07, 6.45) is 10.7. The smallest absolute Gasteiger partial charge is 0.262 e. The minimum absolute atomic E-state index is 0.182. The summed E-state index contributed by atoms with van der Waals surface area (Å²) >= 11 is -1.58. The number of hydrogen-bond acceptors (Lipinski definition) is 3. The van der Waals surface area contributed by atoms with Crippen molar-refractivity contribution in [3.63, 3.8) is 0 Å². The Morgan fingerprint density at radius 2 is 1.17 bits per heavy atom. The van der Waals surface area contributed by atoms with Crippen LogP contribution in [-0.2, 0) is 19.7 Å². The first-order valence-electron chi connectivity index (χ1n) is 7.44. The van der Waals surface area contributed by atoms with E-state index in [4.69, 9.17) is 8.37 Å². The van der Waals surface area contributed by atoms with Crippen LogP contribution in [0, 0.1) is 0 Å². The minimum Gasteiger partial charge on any atom is -0.262 e. The molecule has 0 atom stereocenters. The number of hydrogen-bond donors (Lipinski definition) is 0. The first-order valence-corrected chi connectivity index (χ1v) is 8.44. The van der Waals surface area contributed by atoms with Crippen LogP contribution in [0.4, 0.5) is 0 Å². The molecule has 2 rings (SSSR count). The molecule has 0 N–H and O–H groups in total. The van der Waals surface area contributed by atoms with Crippen LogP contribution in [0.1, 0.15) is 78.1 Å². The molecule has 0 amide bonds. The molecule has 2 aliphatic rings. The fraction of sp³-hybridized carbons (Fsp3) is 1.00. The molecule has 4 heteroatoms. The van der Waals surface area contributed by atoms with Crippen LogP contribution in [-0.4, -0.2) is 15.4 Å². The Hall–Kier alpha value is 0.0700. The zero-order chi connectivity index (χ0) is 13.1. The molecule has 0 unspecified atom stereocenters. The minimum atomic E-state index is -1.58. The molecule has 2 saturated carbocycles. The van der Waals surface area contributed by atoms with Gasteiger partial charge in [-0.15, -0.1) is 0 Å². The van der Waals surface area contributed by atoms with Gasteiger partial charge in [0.05, 0.1) is 11.2 Å². The Morgan fingerprint density at radius 3 is 1.44 bits per heavy atom. The first-order chi connectivity index (χ1) is 8.64. The molecule has 0 aromatic heterocycles. The molecule has 0 aliphatic heterocycles. The zero-order valence-corrected chi connectivity index (χ0v) is 12.5. The van der Waals surface area contributed by atoms with Gasteiger partial charge in [0.15, 0.2) is 0 Å². The largest absolute Gasteiger partial charge is 0.305 e. The van der Waals surface area contributed by atoms with Crippen LogP contribution in [0.5, 0.6) is 0 Å². The molecule has 0 saturated heterocycles. The fourth-order valence-corrected chi connectivity index (χ4v) is 4.52. The molecule has 0 radical (unpaired) electrons. The summed E-state index contributed by atoms with van der Waals surface area (Å²) in [5.41, 5.74) is -0.364. The van der Waals surface area contributed by atoms with E-state index in [1.807, 2.05) is 0 Å². The molecule has 0 aromatic carbocycles. The maximum atomic E-state index is 12.1. The summed E-state index contributed by atoms with van der Waals surface area (Å²) in [6, 6.07) is 0. The fourth-order valence-electron chi connectivity index (χ4n) is 3.34. The van der Waals surface area contributed by atoms with E-state index >= 15 is 0 Å². The molecular formula is C14H26O3S. The summed E-state index contributed by atoms with van der Waals surface area (Å²) < 4.78 is 23.7. The summed E-state index contributed by atoms with van der Waals surface area (Å²) in [6.45, 7) is 4.24. The van der Waals surface area contributed by atoms with E-state index in [0.717, 1.165) is 38.5 Å². The molecule has 0 aromatic rings. The van der Waals surface area contributed by atoms with E-state index in [-0.39, 0.29) is 11.2 Å². The van der Waals surface area contributed by atoms with Crippen LogP contribution in [0.3, 0.4) is 0 Å². The lowest BCUT2D eigenvalue weighted by Gasteiger charge is -2.30. The average Bonchev–Trinajstić information content (AvgIpc) is 3.00. The predicted molar refractivity (Wildman–Crippen MR) is 73.3 cm³/mol. The van der Waals surface area contributed by atoms with Gasteiger partial charge < -0.3 is 0 Å². The van der Waals surface area contributed by atoms with Crippen LogP contribution in [0.2, 0.25) is 0 Å². The van der Waals surface area contributed by atoms with Crippen molar-refractivity contribution >= 4 is 11.4 Å². The van der Waals surface area contributed by atoms with Crippen molar-refractivity contribution in [3.05, 3.63) is 0 Å². The van der Waals surface area contributed by atoms with Crippen molar-refractivity contribution in [1.29, 1.82) is 0 Å². The summed E-state index contributed by atoms with van der Waals surface area (Å²) in [7, 11) is 0. The topological polar surface area (TPSA) is 35.5 Å². The van der Waals surface area contributed by atoms with Gasteiger partial charge >= 0.3 is 11.4 Å². The van der Waals surface area contributed by atoms with Gasteiger partial charge in [-0.2, -0.15) is 4.21 Å². The van der Waals surface area contributed by atoms with Gasteiger partial charge in [0.2, 0.25) is 0 Å². The van der Waals surface area contributed by atoms with Crippen LogP contribution in [0.25, 0.3) is 0 Å². The van der Waals surface area contributed by atoms with Gasteiger partial charge in [-0.3, -0.25) is 8.37 Å². The standard InChI is InChI=1S/C14H26O3S/c1-3-13(9-5-6-10-13)16-18(15)17-14(4-2)11-7-8-12-14/h3-12H2,1-2H3. The Balaban J connectivity index is 1.91. The van der Waals surface area contributed by atoms with Crippen molar-refractivity contribution in [3.8, 4) is 0 Å². The molecule has 0 spiro atoms. The lowest BCUT2D eigenvalue weighted by atomic mass is 10.00. The van der Waals surface area contributed by atoms with Gasteiger partial charge in [-0.25, -0.2) is 0 Å². The Bertz CT molecular complexity index is 263. The van der Waals surface area contributed by atoms with Gasteiger partial charge in [-0.1, -0.05) is 39.5 Å². The Kier molecular flexibility index (Phi) is 4.84. The molecule has 2 fully saturated rings. The lowest BCUT2D eigenvalue weighted by Crippen LogP contribution is -2.35. The molecule has 0 heterocycles. The van der Waals surface area contributed by atoms with Crippen LogP contribution < -0.4 is 0 Å². The average molecular weight is 274 g/mol. The predicted octanol–water partition coefficient (Wildman–Crippen LogP) is 4.04. The third-order valence-corrected chi connectivity index (χ3v) is 5.79. The SMILES string of the molecule is CCC1(OS(=O)OC2(CC)CCCC2)CCCC1. The third-order valence-electron chi connectivity index (χ3n) is 4.81. The normalized spacial score (nSPS) is 25.9. The lowest BCUT2D eigenvalue weighted by molar-refractivity contribution is 0.0256. The quantitative estimate of drug-likeness (QED) is 0.733. The highest BCUT2D eigenvalue weighted by atomic mass is 32.2. The first kappa shape index (κ1) is 14.5. The highest BCUT2D eigenvalue weighted by molar-refractivity contribution is 7.75. The molecule has 0 bridgehead atoms. The van der Waals surface area contributed by atoms with Gasteiger partial charge in [0.25, 0.3) is 0 Å². The van der Waals surface area contributed by atoms with Gasteiger partial charge in [-0.05, 0) is 38.5 Å². The van der Waals surface area contributed by atoms with E-state index in [0.29, 0.717) is 0 Å². The van der Waals surface area contributed by atoms with E-state index < -0.39 is 11.4 Å². The molecule has 18 heavy (non-hydrogen) atoms. The van der Waals surface area contributed by atoms with E-state index in [1.165, 1.54) is 25.7 Å². The molecule has 3 nitrogen and oxygen atoms in total. The van der Waals surface area contributed by atoms with E-state index in [1.54, 1.807) is 0 Å². The van der Waals surface area contributed by atoms with Crippen molar-refractivity contribution in [2.24, 2.45) is 0 Å². The molecular weight excluding hydrogens is 248 g/mol. The highest BCUT2D eigenvalue weighted by Crippen LogP contribution is 2.40. The summed E-state index contributed by atoms with van der Waals surface area (Å²) in [4.78, 5) is 0. The van der Waals surface area contributed by atoms with Crippen LogP contribution in [0.15, 0.2) is 0 Å². The van der Waals surface area contributed by atoms with Crippen molar-refractivity contribution in [2.75, 3.05) is 0 Å². The monoisotopic (exact) mass is 274 g/mol. The second kappa shape index (κ2) is 6.02. The Labute approximate surface area is 113 Å². The molecule has 106 valence electrons. The van der Waals surface area contributed by atoms with Crippen LogP contribution >= 0.6 is 0 Å². The maximum Gasteiger partial charge on any atom is 0.305 e. The second-order valence-corrected chi connectivity index (χ2v) is 6.60. The summed E-state index contributed by atoms with van der Waals surface area (Å²) in [5.74, 6) is 0. The maximum absolute atomic E-state index is 12.1. The Morgan fingerprint density at radius 1 is 0.833 bits per heavy atom. The zero-order valence-electron chi connectivity index (χ0n) is 11.7. The third kappa shape index (κ3) is 3.14. The van der Waals surface area contributed by atoms with E-state index in [2.05, 4.69) is 13.8 Å². The second-order valence-electron chi connectivity index (χ2n) is 5.86. The van der Waals surface area contributed by atoms with Crippen molar-refractivity contribution in [1.82, 2.24) is 0 Å². The van der Waals surface area contributed by atoms with E-state index in [9.17, 15) is 4.21 Å². The van der Waals surface area contributed by atoms with Crippen molar-refractivity contribution in [2.45, 2.75) is 89.3 Å². The van der Waals surface area contributed by atoms with Gasteiger partial charge in [0, 0.05) is 0 Å².